The summed E-state index contributed by atoms with van der Waals surface area (Å²) in [4.78, 5) is 28.2. The van der Waals surface area contributed by atoms with Crippen LogP contribution in [0.4, 0.5) is 0 Å². The number of carbonyl (C=O) groups is 2. The van der Waals surface area contributed by atoms with Gasteiger partial charge >= 0.3 is 0 Å². The number of hydrazone groups is 1. The average Bonchev–Trinajstić information content (AvgIpc) is 3.22. The van der Waals surface area contributed by atoms with Crippen molar-refractivity contribution in [1.29, 1.82) is 0 Å². The predicted molar refractivity (Wildman–Crippen MR) is 141 cm³/mol. The van der Waals surface area contributed by atoms with E-state index >= 15 is 0 Å². The number of carbonyl (C=O) groups excluding carboxylic acids is 2. The van der Waals surface area contributed by atoms with Crippen molar-refractivity contribution >= 4 is 29.1 Å². The number of amides is 2. The molecule has 0 aliphatic carbocycles. The summed E-state index contributed by atoms with van der Waals surface area (Å²) < 4.78 is 5.20. The Balaban J connectivity index is 1.93. The third-order valence-corrected chi connectivity index (χ3v) is 6.54. The van der Waals surface area contributed by atoms with E-state index in [-0.39, 0.29) is 29.8 Å². The molecule has 2 aromatic rings. The number of benzene rings is 2. The molecule has 1 aliphatic rings. The molecular weight excluding hydrogens is 462 g/mol. The van der Waals surface area contributed by atoms with Crippen molar-refractivity contribution in [3.05, 3.63) is 69.7 Å². The van der Waals surface area contributed by atoms with Gasteiger partial charge < -0.3 is 9.64 Å². The van der Waals surface area contributed by atoms with Crippen LogP contribution in [0, 0.1) is 19.3 Å². The maximum atomic E-state index is 13.6. The first kappa shape index (κ1) is 26.9. The van der Waals surface area contributed by atoms with Crippen molar-refractivity contribution in [2.45, 2.75) is 53.5 Å². The molecule has 0 N–H and O–H groups in total. The minimum Gasteiger partial charge on any atom is -0.383 e. The lowest BCUT2D eigenvalue weighted by atomic mass is 9.91. The number of halogens is 1. The van der Waals surface area contributed by atoms with E-state index in [1.807, 2.05) is 51.1 Å². The number of hydrogen-bond acceptors (Lipinski definition) is 4. The van der Waals surface area contributed by atoms with Gasteiger partial charge in [-0.1, -0.05) is 62.7 Å². The Morgan fingerprint density at radius 3 is 2.49 bits per heavy atom. The standard InChI is InChI=1S/C28H36ClN3O3/c1-19-11-12-21(15-20(19)2)24-16-25(22-9-7-8-10-23(22)29)32(30-24)27(34)18-31(13-14-35-6)26(33)17-28(3,4)5/h7-12,15,25H,13-14,16-18H2,1-6H3/t25-/m1/s1. The Morgan fingerprint density at radius 1 is 1.14 bits per heavy atom. The number of nitrogens with zero attached hydrogens (tertiary/aromatic N) is 3. The summed E-state index contributed by atoms with van der Waals surface area (Å²) >= 11 is 6.54. The Bertz CT molecular complexity index is 1110. The van der Waals surface area contributed by atoms with Gasteiger partial charge in [-0.05, 0) is 53.6 Å². The fourth-order valence-corrected chi connectivity index (χ4v) is 4.38. The molecule has 0 saturated heterocycles. The molecule has 1 aliphatic heterocycles. The fourth-order valence-electron chi connectivity index (χ4n) is 4.12. The molecule has 2 amide bonds. The zero-order valence-electron chi connectivity index (χ0n) is 21.6. The molecule has 0 fully saturated rings. The molecule has 188 valence electrons. The Morgan fingerprint density at radius 2 is 1.86 bits per heavy atom. The minimum atomic E-state index is -0.338. The molecule has 7 heteroatoms. The van der Waals surface area contributed by atoms with Crippen molar-refractivity contribution in [2.75, 3.05) is 26.8 Å². The number of hydrogen-bond donors (Lipinski definition) is 0. The summed E-state index contributed by atoms with van der Waals surface area (Å²) in [6.07, 6.45) is 0.890. The highest BCUT2D eigenvalue weighted by Gasteiger charge is 2.35. The van der Waals surface area contributed by atoms with Gasteiger partial charge in [-0.25, -0.2) is 5.01 Å². The van der Waals surface area contributed by atoms with Gasteiger partial charge in [0.05, 0.1) is 18.4 Å². The van der Waals surface area contributed by atoms with Gasteiger partial charge in [0.25, 0.3) is 5.91 Å². The van der Waals surface area contributed by atoms with E-state index in [2.05, 4.69) is 26.0 Å². The number of ether oxygens (including phenoxy) is 1. The average molecular weight is 498 g/mol. The summed E-state index contributed by atoms with van der Waals surface area (Å²) in [5.41, 5.74) is 4.84. The maximum absolute atomic E-state index is 13.6. The van der Waals surface area contributed by atoms with E-state index in [1.165, 1.54) is 16.1 Å². The lowest BCUT2D eigenvalue weighted by Crippen LogP contribution is -2.43. The van der Waals surface area contributed by atoms with Crippen LogP contribution in [0.1, 0.15) is 61.9 Å². The van der Waals surface area contributed by atoms with Crippen LogP contribution in [0.15, 0.2) is 47.6 Å². The van der Waals surface area contributed by atoms with Gasteiger partial charge in [-0.2, -0.15) is 5.10 Å². The van der Waals surface area contributed by atoms with E-state index < -0.39 is 0 Å². The highest BCUT2D eigenvalue weighted by atomic mass is 35.5. The van der Waals surface area contributed by atoms with E-state index in [1.54, 1.807) is 12.0 Å². The van der Waals surface area contributed by atoms with Crippen LogP contribution in [-0.4, -0.2) is 54.2 Å². The number of rotatable bonds is 8. The van der Waals surface area contributed by atoms with Crippen molar-refractivity contribution in [3.63, 3.8) is 0 Å². The first-order chi connectivity index (χ1) is 16.5. The third-order valence-electron chi connectivity index (χ3n) is 6.20. The molecule has 0 spiro atoms. The highest BCUT2D eigenvalue weighted by molar-refractivity contribution is 6.31. The first-order valence-corrected chi connectivity index (χ1v) is 12.4. The quantitative estimate of drug-likeness (QED) is 0.480. The molecule has 0 saturated carbocycles. The largest absolute Gasteiger partial charge is 0.383 e. The van der Waals surface area contributed by atoms with Crippen molar-refractivity contribution in [2.24, 2.45) is 10.5 Å². The highest BCUT2D eigenvalue weighted by Crippen LogP contribution is 2.36. The fraction of sp³-hybridized carbons (Fsp3) is 0.464. The minimum absolute atomic E-state index is 0.0665. The molecule has 0 bridgehead atoms. The Labute approximate surface area is 213 Å². The lowest BCUT2D eigenvalue weighted by Gasteiger charge is -2.29. The number of aryl methyl sites for hydroxylation is 2. The second-order valence-electron chi connectivity index (χ2n) is 10.4. The van der Waals surface area contributed by atoms with Gasteiger partial charge in [0.1, 0.15) is 6.54 Å². The van der Waals surface area contributed by atoms with E-state index in [0.717, 1.165) is 16.8 Å². The first-order valence-electron chi connectivity index (χ1n) is 12.0. The molecule has 6 nitrogen and oxygen atoms in total. The van der Waals surface area contributed by atoms with Crippen LogP contribution in [0.5, 0.6) is 0 Å². The molecule has 2 aromatic carbocycles. The van der Waals surface area contributed by atoms with Crippen LogP contribution < -0.4 is 0 Å². The van der Waals surface area contributed by atoms with Crippen LogP contribution >= 0.6 is 11.6 Å². The lowest BCUT2D eigenvalue weighted by molar-refractivity contribution is -0.143. The van der Waals surface area contributed by atoms with Gasteiger partial charge in [-0.15, -0.1) is 0 Å². The molecule has 35 heavy (non-hydrogen) atoms. The Kier molecular flexibility index (Phi) is 8.73. The molecule has 1 atom stereocenters. The summed E-state index contributed by atoms with van der Waals surface area (Å²) in [7, 11) is 1.59. The maximum Gasteiger partial charge on any atom is 0.262 e. The van der Waals surface area contributed by atoms with Crippen molar-refractivity contribution in [1.82, 2.24) is 9.91 Å². The van der Waals surface area contributed by atoms with E-state index in [0.29, 0.717) is 31.0 Å². The summed E-state index contributed by atoms with van der Waals surface area (Å²) in [5.74, 6) is -0.318. The molecule has 0 radical (unpaired) electrons. The smallest absolute Gasteiger partial charge is 0.262 e. The summed E-state index contributed by atoms with van der Waals surface area (Å²) in [6.45, 7) is 10.8. The van der Waals surface area contributed by atoms with Crippen molar-refractivity contribution < 1.29 is 14.3 Å². The van der Waals surface area contributed by atoms with Gasteiger partial charge in [0.2, 0.25) is 5.91 Å². The van der Waals surface area contributed by atoms with Crippen LogP contribution in [0.2, 0.25) is 5.02 Å². The van der Waals surface area contributed by atoms with E-state index in [9.17, 15) is 9.59 Å². The van der Waals surface area contributed by atoms with E-state index in [4.69, 9.17) is 21.4 Å². The zero-order chi connectivity index (χ0) is 25.8. The number of methoxy groups -OCH3 is 1. The molecule has 0 aromatic heterocycles. The van der Waals surface area contributed by atoms with Crippen LogP contribution in [0.25, 0.3) is 0 Å². The summed E-state index contributed by atoms with van der Waals surface area (Å²) in [5, 5.41) is 6.87. The van der Waals surface area contributed by atoms with Crippen LogP contribution in [0.3, 0.4) is 0 Å². The van der Waals surface area contributed by atoms with Crippen molar-refractivity contribution in [3.8, 4) is 0 Å². The SMILES string of the molecule is COCCN(CC(=O)N1N=C(c2ccc(C)c(C)c2)C[C@@H]1c1ccccc1Cl)C(=O)CC(C)(C)C. The zero-order valence-corrected chi connectivity index (χ0v) is 22.4. The Hall–Kier alpha value is -2.70. The van der Waals surface area contributed by atoms with Gasteiger partial charge in [-0.3, -0.25) is 9.59 Å². The molecule has 3 rings (SSSR count). The molecule has 1 heterocycles. The normalized spacial score (nSPS) is 15.8. The third kappa shape index (κ3) is 6.92. The monoisotopic (exact) mass is 497 g/mol. The second-order valence-corrected chi connectivity index (χ2v) is 10.8. The molecule has 0 unspecified atom stereocenters. The topological polar surface area (TPSA) is 62.2 Å². The van der Waals surface area contributed by atoms with Crippen LogP contribution in [-0.2, 0) is 14.3 Å². The second kappa shape index (κ2) is 11.4. The van der Waals surface area contributed by atoms with Gasteiger partial charge in [0.15, 0.2) is 0 Å². The van der Waals surface area contributed by atoms with Gasteiger partial charge in [0, 0.05) is 31.5 Å². The predicted octanol–water partition coefficient (Wildman–Crippen LogP) is 5.55. The summed E-state index contributed by atoms with van der Waals surface area (Å²) in [6, 6.07) is 13.4. The molecular formula is C28H36ClN3O3.